The van der Waals surface area contributed by atoms with Crippen LogP contribution in [-0.2, 0) is 6.54 Å². The lowest BCUT2D eigenvalue weighted by Gasteiger charge is -2.16. The normalized spacial score (nSPS) is 11.1. The van der Waals surface area contributed by atoms with Gasteiger partial charge in [0.2, 0.25) is 0 Å². The summed E-state index contributed by atoms with van der Waals surface area (Å²) in [6.45, 7) is 5.14. The van der Waals surface area contributed by atoms with Crippen LogP contribution in [0.4, 0.5) is 0 Å². The molecule has 2 nitrogen and oxygen atoms in total. The molecule has 2 N–H and O–H groups in total. The number of hydrogen-bond donors (Lipinski definition) is 1. The Morgan fingerprint density at radius 2 is 1.88 bits per heavy atom. The molecule has 1 aromatic rings. The molecule has 0 saturated carbocycles. The molecular formula is C14H24N2S. The molecule has 0 aliphatic carbocycles. The van der Waals surface area contributed by atoms with E-state index < -0.39 is 0 Å². The quantitative estimate of drug-likeness (QED) is 0.570. The Labute approximate surface area is 110 Å². The summed E-state index contributed by atoms with van der Waals surface area (Å²) >= 11 is 1.89. The molecule has 3 heteroatoms. The van der Waals surface area contributed by atoms with Crippen molar-refractivity contribution in [1.82, 2.24) is 4.90 Å². The van der Waals surface area contributed by atoms with Crippen molar-refractivity contribution >= 4 is 11.8 Å². The number of hydrogen-bond acceptors (Lipinski definition) is 3. The average molecular weight is 252 g/mol. The SMILES string of the molecule is CCSc1ccc(CN(C)CCCCN)cc1. The Bertz CT molecular complexity index is 298. The van der Waals surface area contributed by atoms with Gasteiger partial charge in [-0.1, -0.05) is 19.1 Å². The lowest BCUT2D eigenvalue weighted by atomic mass is 10.2. The fraction of sp³-hybridized carbons (Fsp3) is 0.571. The monoisotopic (exact) mass is 252 g/mol. The third-order valence-electron chi connectivity index (χ3n) is 2.68. The van der Waals surface area contributed by atoms with Crippen LogP contribution in [-0.4, -0.2) is 30.8 Å². The second-order valence-electron chi connectivity index (χ2n) is 4.31. The number of thioether (sulfide) groups is 1. The molecule has 0 fully saturated rings. The maximum atomic E-state index is 5.49. The summed E-state index contributed by atoms with van der Waals surface area (Å²) in [6.07, 6.45) is 2.31. The minimum atomic E-state index is 0.802. The van der Waals surface area contributed by atoms with E-state index >= 15 is 0 Å². The molecule has 0 amide bonds. The van der Waals surface area contributed by atoms with E-state index in [9.17, 15) is 0 Å². The van der Waals surface area contributed by atoms with E-state index in [4.69, 9.17) is 5.73 Å². The molecule has 17 heavy (non-hydrogen) atoms. The summed E-state index contributed by atoms with van der Waals surface area (Å²) in [5, 5.41) is 0. The Balaban J connectivity index is 2.34. The van der Waals surface area contributed by atoms with Crippen LogP contribution in [0.3, 0.4) is 0 Å². The Morgan fingerprint density at radius 3 is 2.47 bits per heavy atom. The number of rotatable bonds is 8. The van der Waals surface area contributed by atoms with Gasteiger partial charge >= 0.3 is 0 Å². The first-order valence-corrected chi connectivity index (χ1v) is 7.35. The molecule has 0 aliphatic rings. The van der Waals surface area contributed by atoms with Crippen LogP contribution in [0.1, 0.15) is 25.3 Å². The van der Waals surface area contributed by atoms with E-state index in [1.807, 2.05) is 11.8 Å². The predicted molar refractivity (Wildman–Crippen MR) is 77.5 cm³/mol. The largest absolute Gasteiger partial charge is 0.330 e. The van der Waals surface area contributed by atoms with Gasteiger partial charge < -0.3 is 10.6 Å². The van der Waals surface area contributed by atoms with Crippen LogP contribution in [0.2, 0.25) is 0 Å². The first-order valence-electron chi connectivity index (χ1n) is 6.36. The molecule has 0 aromatic heterocycles. The molecule has 0 radical (unpaired) electrons. The van der Waals surface area contributed by atoms with Gasteiger partial charge in [0.15, 0.2) is 0 Å². The van der Waals surface area contributed by atoms with Gasteiger partial charge in [0, 0.05) is 11.4 Å². The average Bonchev–Trinajstić information content (AvgIpc) is 2.32. The second-order valence-corrected chi connectivity index (χ2v) is 5.65. The van der Waals surface area contributed by atoms with Gasteiger partial charge in [0.05, 0.1) is 0 Å². The van der Waals surface area contributed by atoms with Gasteiger partial charge in [-0.05, 0) is 56.4 Å². The zero-order chi connectivity index (χ0) is 12.5. The number of unbranched alkanes of at least 4 members (excludes halogenated alkanes) is 1. The van der Waals surface area contributed by atoms with Crippen molar-refractivity contribution in [1.29, 1.82) is 0 Å². The smallest absolute Gasteiger partial charge is 0.0230 e. The summed E-state index contributed by atoms with van der Waals surface area (Å²) < 4.78 is 0. The standard InChI is InChI=1S/C14H24N2S/c1-3-17-14-8-6-13(7-9-14)12-16(2)11-5-4-10-15/h6-9H,3-5,10-12,15H2,1-2H3. The van der Waals surface area contributed by atoms with Crippen molar-refractivity contribution in [3.05, 3.63) is 29.8 Å². The number of nitrogens with zero attached hydrogens (tertiary/aromatic N) is 1. The van der Waals surface area contributed by atoms with Crippen molar-refractivity contribution in [2.75, 3.05) is 25.9 Å². The van der Waals surface area contributed by atoms with Gasteiger partial charge in [-0.25, -0.2) is 0 Å². The van der Waals surface area contributed by atoms with Gasteiger partial charge in [0.1, 0.15) is 0 Å². The molecule has 0 saturated heterocycles. The molecule has 0 heterocycles. The highest BCUT2D eigenvalue weighted by Gasteiger charge is 2.00. The summed E-state index contributed by atoms with van der Waals surface area (Å²) in [5.74, 6) is 1.14. The lowest BCUT2D eigenvalue weighted by Crippen LogP contribution is -2.19. The van der Waals surface area contributed by atoms with Gasteiger partial charge in [-0.15, -0.1) is 11.8 Å². The van der Waals surface area contributed by atoms with Crippen LogP contribution >= 0.6 is 11.8 Å². The highest BCUT2D eigenvalue weighted by atomic mass is 32.2. The summed E-state index contributed by atoms with van der Waals surface area (Å²) in [5.41, 5.74) is 6.88. The first-order chi connectivity index (χ1) is 8.26. The van der Waals surface area contributed by atoms with Crippen LogP contribution in [0.15, 0.2) is 29.2 Å². The van der Waals surface area contributed by atoms with E-state index in [0.29, 0.717) is 0 Å². The first kappa shape index (κ1) is 14.6. The molecule has 1 rings (SSSR count). The molecule has 96 valence electrons. The molecule has 0 aliphatic heterocycles. The van der Waals surface area contributed by atoms with Crippen molar-refractivity contribution < 1.29 is 0 Å². The maximum Gasteiger partial charge on any atom is 0.0230 e. The van der Waals surface area contributed by atoms with Crippen molar-refractivity contribution in [2.24, 2.45) is 5.73 Å². The Morgan fingerprint density at radius 1 is 1.18 bits per heavy atom. The van der Waals surface area contributed by atoms with Crippen LogP contribution in [0.5, 0.6) is 0 Å². The summed E-state index contributed by atoms with van der Waals surface area (Å²) in [4.78, 5) is 3.72. The fourth-order valence-corrected chi connectivity index (χ4v) is 2.44. The van der Waals surface area contributed by atoms with E-state index in [-0.39, 0.29) is 0 Å². The highest BCUT2D eigenvalue weighted by Crippen LogP contribution is 2.18. The number of benzene rings is 1. The molecule has 0 atom stereocenters. The zero-order valence-electron chi connectivity index (χ0n) is 11.0. The van der Waals surface area contributed by atoms with Crippen molar-refractivity contribution in [3.63, 3.8) is 0 Å². The van der Waals surface area contributed by atoms with E-state index in [0.717, 1.165) is 31.8 Å². The van der Waals surface area contributed by atoms with E-state index in [1.54, 1.807) is 0 Å². The highest BCUT2D eigenvalue weighted by molar-refractivity contribution is 7.99. The topological polar surface area (TPSA) is 29.3 Å². The van der Waals surface area contributed by atoms with E-state index in [1.165, 1.54) is 16.9 Å². The van der Waals surface area contributed by atoms with Gasteiger partial charge in [-0.3, -0.25) is 0 Å². The summed E-state index contributed by atoms with van der Waals surface area (Å²) in [7, 11) is 2.17. The molecule has 0 spiro atoms. The van der Waals surface area contributed by atoms with Crippen LogP contribution < -0.4 is 5.73 Å². The summed E-state index contributed by atoms with van der Waals surface area (Å²) in [6, 6.07) is 8.91. The zero-order valence-corrected chi connectivity index (χ0v) is 11.8. The molecule has 0 bridgehead atoms. The van der Waals surface area contributed by atoms with Crippen LogP contribution in [0, 0.1) is 0 Å². The van der Waals surface area contributed by atoms with Crippen LogP contribution in [0.25, 0.3) is 0 Å². The molecule has 1 aromatic carbocycles. The van der Waals surface area contributed by atoms with Gasteiger partial charge in [-0.2, -0.15) is 0 Å². The third-order valence-corrected chi connectivity index (χ3v) is 3.57. The number of nitrogens with two attached hydrogens (primary N) is 1. The minimum Gasteiger partial charge on any atom is -0.330 e. The predicted octanol–water partition coefficient (Wildman–Crippen LogP) is 2.97. The van der Waals surface area contributed by atoms with Crippen molar-refractivity contribution in [2.45, 2.75) is 31.2 Å². The minimum absolute atomic E-state index is 0.802. The Hall–Kier alpha value is -0.510. The molecular weight excluding hydrogens is 228 g/mol. The lowest BCUT2D eigenvalue weighted by molar-refractivity contribution is 0.319. The maximum absolute atomic E-state index is 5.49. The van der Waals surface area contributed by atoms with E-state index in [2.05, 4.69) is 43.1 Å². The Kier molecular flexibility index (Phi) is 7.33. The van der Waals surface area contributed by atoms with Gasteiger partial charge in [0.25, 0.3) is 0 Å². The fourth-order valence-electron chi connectivity index (χ4n) is 1.77. The third kappa shape index (κ3) is 6.10. The second kappa shape index (κ2) is 8.56. The van der Waals surface area contributed by atoms with Crippen molar-refractivity contribution in [3.8, 4) is 0 Å². The molecule has 0 unspecified atom stereocenters.